The molecule has 1 aliphatic carbocycles. The first-order valence-electron chi connectivity index (χ1n) is 7.76. The van der Waals surface area contributed by atoms with Crippen LogP contribution in [0.5, 0.6) is 5.88 Å². The predicted molar refractivity (Wildman–Crippen MR) is 83.7 cm³/mol. The summed E-state index contributed by atoms with van der Waals surface area (Å²) in [4.78, 5) is 26.0. The fourth-order valence-electron chi connectivity index (χ4n) is 2.58. The zero-order chi connectivity index (χ0) is 16.9. The fraction of sp³-hybridized carbons (Fsp3) is 0.375. The lowest BCUT2D eigenvalue weighted by Crippen LogP contribution is -2.22. The van der Waals surface area contributed by atoms with Gasteiger partial charge in [-0.3, -0.25) is 14.9 Å². The molecule has 0 spiro atoms. The van der Waals surface area contributed by atoms with E-state index in [-0.39, 0.29) is 18.4 Å². The molecule has 2 aromatic rings. The van der Waals surface area contributed by atoms with Gasteiger partial charge in [-0.1, -0.05) is 6.07 Å². The Morgan fingerprint density at radius 1 is 1.33 bits per heavy atom. The maximum absolute atomic E-state index is 11.9. The Labute approximate surface area is 138 Å². The van der Waals surface area contributed by atoms with Gasteiger partial charge in [-0.25, -0.2) is 4.98 Å². The van der Waals surface area contributed by atoms with Crippen molar-refractivity contribution in [1.29, 1.82) is 0 Å². The van der Waals surface area contributed by atoms with Crippen LogP contribution in [0, 0.1) is 10.1 Å². The van der Waals surface area contributed by atoms with Gasteiger partial charge in [0.25, 0.3) is 5.91 Å². The van der Waals surface area contributed by atoms with E-state index in [0.29, 0.717) is 5.88 Å². The second-order valence-corrected chi connectivity index (χ2v) is 5.61. The minimum Gasteiger partial charge on any atom is -0.474 e. The third-order valence-electron chi connectivity index (χ3n) is 3.84. The number of pyridine rings is 1. The van der Waals surface area contributed by atoms with E-state index in [1.54, 1.807) is 12.3 Å². The fourth-order valence-corrected chi connectivity index (χ4v) is 2.58. The maximum atomic E-state index is 11.9. The van der Waals surface area contributed by atoms with Gasteiger partial charge < -0.3 is 14.5 Å². The highest BCUT2D eigenvalue weighted by molar-refractivity contribution is 5.91. The number of nitro groups is 1. The van der Waals surface area contributed by atoms with Crippen LogP contribution in [0.25, 0.3) is 0 Å². The number of carbonyl (C=O) groups excluding carboxylic acids is 1. The molecule has 1 amide bonds. The number of carbonyl (C=O) groups is 1. The summed E-state index contributed by atoms with van der Waals surface area (Å²) in [7, 11) is 0. The van der Waals surface area contributed by atoms with E-state index < -0.39 is 16.7 Å². The molecule has 0 atom stereocenters. The number of hydrogen-bond acceptors (Lipinski definition) is 6. The lowest BCUT2D eigenvalue weighted by Gasteiger charge is -2.12. The van der Waals surface area contributed by atoms with E-state index in [4.69, 9.17) is 9.15 Å². The van der Waals surface area contributed by atoms with Crippen molar-refractivity contribution >= 4 is 11.8 Å². The Morgan fingerprint density at radius 2 is 2.12 bits per heavy atom. The van der Waals surface area contributed by atoms with E-state index in [9.17, 15) is 14.9 Å². The van der Waals surface area contributed by atoms with Gasteiger partial charge in [-0.2, -0.15) is 0 Å². The molecular weight excluding hydrogens is 314 g/mol. The molecule has 0 aliphatic heterocycles. The van der Waals surface area contributed by atoms with Crippen LogP contribution in [0.15, 0.2) is 34.9 Å². The first kappa shape index (κ1) is 16.0. The van der Waals surface area contributed by atoms with Crippen molar-refractivity contribution in [2.45, 2.75) is 38.3 Å². The summed E-state index contributed by atoms with van der Waals surface area (Å²) >= 11 is 0. The number of hydrogen-bond donors (Lipinski definition) is 1. The second kappa shape index (κ2) is 7.12. The molecule has 0 aromatic carbocycles. The number of ether oxygens (including phenoxy) is 1. The number of nitrogens with zero attached hydrogens (tertiary/aromatic N) is 2. The summed E-state index contributed by atoms with van der Waals surface area (Å²) in [6, 6.07) is 6.01. The molecule has 1 aliphatic rings. The van der Waals surface area contributed by atoms with E-state index in [0.717, 1.165) is 24.5 Å². The van der Waals surface area contributed by atoms with Crippen LogP contribution in [0.1, 0.15) is 41.8 Å². The van der Waals surface area contributed by atoms with Gasteiger partial charge >= 0.3 is 5.88 Å². The molecule has 24 heavy (non-hydrogen) atoms. The van der Waals surface area contributed by atoms with Crippen LogP contribution < -0.4 is 10.1 Å². The average molecular weight is 331 g/mol. The maximum Gasteiger partial charge on any atom is 0.433 e. The zero-order valence-electron chi connectivity index (χ0n) is 12.9. The molecule has 1 fully saturated rings. The van der Waals surface area contributed by atoms with E-state index in [2.05, 4.69) is 10.3 Å². The molecule has 0 saturated heterocycles. The van der Waals surface area contributed by atoms with Crippen molar-refractivity contribution in [3.05, 3.63) is 51.9 Å². The van der Waals surface area contributed by atoms with Crippen LogP contribution in [0.2, 0.25) is 0 Å². The first-order chi connectivity index (χ1) is 11.6. The van der Waals surface area contributed by atoms with Gasteiger partial charge in [-0.05, 0) is 37.3 Å². The van der Waals surface area contributed by atoms with Crippen molar-refractivity contribution in [3.63, 3.8) is 0 Å². The highest BCUT2D eigenvalue weighted by atomic mass is 16.6. The number of amides is 1. The highest BCUT2D eigenvalue weighted by Crippen LogP contribution is 2.23. The Balaban J connectivity index is 1.52. The van der Waals surface area contributed by atoms with Crippen molar-refractivity contribution in [2.24, 2.45) is 0 Å². The molecule has 3 rings (SSSR count). The van der Waals surface area contributed by atoms with E-state index in [1.165, 1.54) is 18.9 Å². The third-order valence-corrected chi connectivity index (χ3v) is 3.84. The molecule has 2 heterocycles. The average Bonchev–Trinajstić information content (AvgIpc) is 3.25. The molecule has 1 saturated carbocycles. The molecular formula is C16H17N3O5. The minimum absolute atomic E-state index is 0.101. The van der Waals surface area contributed by atoms with Gasteiger partial charge in [0.1, 0.15) is 11.0 Å². The van der Waals surface area contributed by atoms with Crippen molar-refractivity contribution in [1.82, 2.24) is 10.3 Å². The van der Waals surface area contributed by atoms with Crippen molar-refractivity contribution in [2.75, 3.05) is 0 Å². The number of nitrogens with one attached hydrogen (secondary N) is 1. The summed E-state index contributed by atoms with van der Waals surface area (Å²) in [5.41, 5.74) is 0.795. The summed E-state index contributed by atoms with van der Waals surface area (Å²) in [6.45, 7) is 0.240. The molecule has 2 aromatic heterocycles. The lowest BCUT2D eigenvalue weighted by molar-refractivity contribution is -0.402. The monoisotopic (exact) mass is 331 g/mol. The smallest absolute Gasteiger partial charge is 0.433 e. The normalized spacial score (nSPS) is 14.5. The highest BCUT2D eigenvalue weighted by Gasteiger charge is 2.18. The quantitative estimate of drug-likeness (QED) is 0.644. The molecule has 1 N–H and O–H groups in total. The lowest BCUT2D eigenvalue weighted by atomic mass is 10.2. The number of rotatable bonds is 6. The van der Waals surface area contributed by atoms with Crippen LogP contribution in [0.3, 0.4) is 0 Å². The predicted octanol–water partition coefficient (Wildman–Crippen LogP) is 2.83. The summed E-state index contributed by atoms with van der Waals surface area (Å²) < 4.78 is 10.6. The van der Waals surface area contributed by atoms with E-state index in [1.807, 2.05) is 6.07 Å². The molecule has 8 heteroatoms. The molecule has 0 radical (unpaired) electrons. The van der Waals surface area contributed by atoms with Crippen LogP contribution in [-0.4, -0.2) is 21.9 Å². The van der Waals surface area contributed by atoms with Crippen LogP contribution in [-0.2, 0) is 6.54 Å². The summed E-state index contributed by atoms with van der Waals surface area (Å²) in [6.07, 6.45) is 6.40. The summed E-state index contributed by atoms with van der Waals surface area (Å²) in [5.74, 6) is -0.501. The van der Waals surface area contributed by atoms with Gasteiger partial charge in [0.05, 0.1) is 6.07 Å². The topological polar surface area (TPSA) is 108 Å². The largest absolute Gasteiger partial charge is 0.474 e. The Kier molecular flexibility index (Phi) is 4.74. The van der Waals surface area contributed by atoms with Gasteiger partial charge in [-0.15, -0.1) is 0 Å². The van der Waals surface area contributed by atoms with Crippen molar-refractivity contribution < 1.29 is 18.9 Å². The molecule has 8 nitrogen and oxygen atoms in total. The molecule has 126 valence electrons. The third kappa shape index (κ3) is 3.89. The zero-order valence-corrected chi connectivity index (χ0v) is 12.9. The van der Waals surface area contributed by atoms with Gasteiger partial charge in [0.15, 0.2) is 5.76 Å². The van der Waals surface area contributed by atoms with Gasteiger partial charge in [0.2, 0.25) is 5.88 Å². The van der Waals surface area contributed by atoms with Crippen LogP contribution >= 0.6 is 0 Å². The van der Waals surface area contributed by atoms with Gasteiger partial charge in [0, 0.05) is 18.8 Å². The standard InChI is InChI=1S/C16H17N3O5/c20-16(13-6-8-15(24-13)19(21)22)18-10-11-5-7-14(17-9-11)23-12-3-1-2-4-12/h5-9,12H,1-4,10H2,(H,18,20). The van der Waals surface area contributed by atoms with Crippen molar-refractivity contribution in [3.8, 4) is 5.88 Å². The number of aromatic nitrogens is 1. The van der Waals surface area contributed by atoms with E-state index >= 15 is 0 Å². The minimum atomic E-state index is -0.691. The number of furan rings is 1. The van der Waals surface area contributed by atoms with Crippen LogP contribution in [0.4, 0.5) is 5.88 Å². The molecule has 0 bridgehead atoms. The Morgan fingerprint density at radius 3 is 2.75 bits per heavy atom. The first-order valence-corrected chi connectivity index (χ1v) is 7.76. The molecule has 0 unspecified atom stereocenters. The SMILES string of the molecule is O=C(NCc1ccc(OC2CCCC2)nc1)c1ccc([N+](=O)[O-])o1. The summed E-state index contributed by atoms with van der Waals surface area (Å²) in [5, 5.41) is 13.2. The Hall–Kier alpha value is -2.90. The Bertz CT molecular complexity index is 720. The second-order valence-electron chi connectivity index (χ2n) is 5.61.